The summed E-state index contributed by atoms with van der Waals surface area (Å²) >= 11 is 4.31. The van der Waals surface area contributed by atoms with Crippen molar-refractivity contribution in [2.75, 3.05) is 7.11 Å². The van der Waals surface area contributed by atoms with E-state index in [1.165, 1.54) is 0 Å². The van der Waals surface area contributed by atoms with Crippen LogP contribution >= 0.6 is 45.2 Å². The third kappa shape index (κ3) is 2.97. The summed E-state index contributed by atoms with van der Waals surface area (Å²) in [6, 6.07) is 3.74. The quantitative estimate of drug-likeness (QED) is 0.711. The average Bonchev–Trinajstić information content (AvgIpc) is 2.01. The highest BCUT2D eigenvalue weighted by Gasteiger charge is 2.08. The number of amides is 1. The van der Waals surface area contributed by atoms with Crippen molar-refractivity contribution in [3.63, 3.8) is 0 Å². The van der Waals surface area contributed by atoms with E-state index in [2.05, 4.69) is 45.2 Å². The third-order valence-electron chi connectivity index (χ3n) is 1.63. The number of benzene rings is 1. The van der Waals surface area contributed by atoms with Crippen molar-refractivity contribution in [2.24, 2.45) is 0 Å². The van der Waals surface area contributed by atoms with E-state index >= 15 is 0 Å². The van der Waals surface area contributed by atoms with E-state index in [9.17, 15) is 4.79 Å². The lowest BCUT2D eigenvalue weighted by Gasteiger charge is -2.07. The Balaban J connectivity index is 3.07. The molecule has 1 rings (SSSR count). The molecule has 1 amide bonds. The smallest absolute Gasteiger partial charge is 0.242 e. The van der Waals surface area contributed by atoms with Crippen molar-refractivity contribution in [3.8, 4) is 5.75 Å². The van der Waals surface area contributed by atoms with Crippen LogP contribution in [-0.2, 0) is 11.2 Å². The van der Waals surface area contributed by atoms with Crippen LogP contribution in [0, 0.1) is 7.14 Å². The van der Waals surface area contributed by atoms with E-state index < -0.39 is 5.91 Å². The largest absolute Gasteiger partial charge is 0.495 e. The van der Waals surface area contributed by atoms with Crippen LogP contribution in [0.15, 0.2) is 12.1 Å². The van der Waals surface area contributed by atoms with Gasteiger partial charge in [0, 0.05) is 0 Å². The maximum Gasteiger partial charge on any atom is 0.242 e. The Labute approximate surface area is 110 Å². The van der Waals surface area contributed by atoms with Crippen molar-refractivity contribution in [2.45, 2.75) is 6.42 Å². The topological polar surface area (TPSA) is 50.1 Å². The zero-order valence-corrected chi connectivity index (χ0v) is 11.7. The molecule has 0 aliphatic carbocycles. The number of hydrogen-bond acceptors (Lipinski definition) is 2. The molecule has 1 N–H and O–H groups in total. The van der Waals surface area contributed by atoms with E-state index in [1.54, 1.807) is 7.11 Å². The van der Waals surface area contributed by atoms with E-state index in [4.69, 9.17) is 10.5 Å². The molecule has 5 heteroatoms. The van der Waals surface area contributed by atoms with Gasteiger partial charge in [0.1, 0.15) is 5.75 Å². The summed E-state index contributed by atoms with van der Waals surface area (Å²) in [6.45, 7) is 0. The van der Waals surface area contributed by atoms with Crippen LogP contribution in [0.1, 0.15) is 5.56 Å². The molecule has 0 aliphatic rings. The Kier molecular flexibility index (Phi) is 4.42. The lowest BCUT2D eigenvalue weighted by Crippen LogP contribution is -2.03. The molecule has 0 heterocycles. The van der Waals surface area contributed by atoms with E-state index in [1.807, 2.05) is 12.1 Å². The molecule has 75 valence electrons. The van der Waals surface area contributed by atoms with Gasteiger partial charge in [0.15, 0.2) is 0 Å². The number of ether oxygens (including phenoxy) is 1. The van der Waals surface area contributed by atoms with Crippen LogP contribution < -0.4 is 10.5 Å². The van der Waals surface area contributed by atoms with Crippen LogP contribution in [0.4, 0.5) is 0 Å². The van der Waals surface area contributed by atoms with Crippen LogP contribution in [0.2, 0.25) is 0 Å². The molecular weight excluding hydrogens is 408 g/mol. The first-order valence-corrected chi connectivity index (χ1v) is 5.96. The normalized spacial score (nSPS) is 9.93. The summed E-state index contributed by atoms with van der Waals surface area (Å²) in [7, 11) is 1.62. The summed E-state index contributed by atoms with van der Waals surface area (Å²) in [5.41, 5.74) is 7.74. The molecule has 14 heavy (non-hydrogen) atoms. The van der Waals surface area contributed by atoms with Crippen molar-refractivity contribution in [3.05, 3.63) is 24.8 Å². The van der Waals surface area contributed by atoms with Gasteiger partial charge in [0.25, 0.3) is 0 Å². The fourth-order valence-corrected chi connectivity index (χ4v) is 3.43. The molecule has 0 atom stereocenters. The Morgan fingerprint density at radius 2 is 1.93 bits per heavy atom. The second-order valence-electron chi connectivity index (χ2n) is 2.69. The van der Waals surface area contributed by atoms with Gasteiger partial charge in [-0.25, -0.2) is 0 Å². The maximum atomic E-state index is 10.6. The van der Waals surface area contributed by atoms with Gasteiger partial charge < -0.3 is 4.74 Å². The monoisotopic (exact) mass is 416 g/mol. The minimum absolute atomic E-state index is 0.163. The van der Waals surface area contributed by atoms with Crippen molar-refractivity contribution in [1.29, 1.82) is 0 Å². The van der Waals surface area contributed by atoms with Crippen LogP contribution in [0.5, 0.6) is 5.75 Å². The lowest BCUT2D eigenvalue weighted by molar-refractivity contribution is -0.118. The Bertz CT molecular complexity index is 343. The number of methoxy groups -OCH3 is 1. The Morgan fingerprint density at radius 1 is 1.43 bits per heavy atom. The zero-order chi connectivity index (χ0) is 10.7. The maximum absolute atomic E-state index is 10.6. The Hall–Kier alpha value is -0.0500. The van der Waals surface area contributed by atoms with Crippen LogP contribution in [0.25, 0.3) is 0 Å². The van der Waals surface area contributed by atoms with Crippen molar-refractivity contribution in [1.82, 2.24) is 5.73 Å². The number of halogens is 2. The lowest BCUT2D eigenvalue weighted by atomic mass is 10.1. The van der Waals surface area contributed by atoms with Gasteiger partial charge in [-0.3, -0.25) is 10.5 Å². The van der Waals surface area contributed by atoms with Gasteiger partial charge in [-0.1, -0.05) is 0 Å². The molecule has 0 saturated carbocycles. The summed E-state index contributed by atoms with van der Waals surface area (Å²) in [6.07, 6.45) is 0.163. The fourth-order valence-electron chi connectivity index (χ4n) is 1.09. The van der Waals surface area contributed by atoms with E-state index in [-0.39, 0.29) is 6.42 Å². The molecule has 0 aromatic heterocycles. The molecule has 0 aliphatic heterocycles. The summed E-state index contributed by atoms with van der Waals surface area (Å²) in [5, 5.41) is 0. The van der Waals surface area contributed by atoms with Gasteiger partial charge in [-0.05, 0) is 62.9 Å². The zero-order valence-electron chi connectivity index (χ0n) is 7.43. The number of carbonyl (C=O) groups is 1. The van der Waals surface area contributed by atoms with Crippen molar-refractivity contribution >= 4 is 51.1 Å². The standard InChI is InChI=1S/C9H8I2NO2/c1-14-9-6(10)2-5(3-7(9)11)4-8(12)13/h2-3,12H,4H2,1H3. The molecule has 0 spiro atoms. The molecule has 0 fully saturated rings. The molecule has 1 aromatic carbocycles. The third-order valence-corrected chi connectivity index (χ3v) is 3.23. The van der Waals surface area contributed by atoms with E-state index in [0.29, 0.717) is 0 Å². The first-order valence-electron chi connectivity index (χ1n) is 3.81. The second kappa shape index (κ2) is 5.15. The molecular formula is C9H8I2NO2. The molecule has 3 nitrogen and oxygen atoms in total. The SMILES string of the molecule is COc1c(I)cc(CC([NH])=O)cc1I. The highest BCUT2D eigenvalue weighted by atomic mass is 127. The number of carbonyl (C=O) groups excluding carboxylic acids is 1. The van der Waals surface area contributed by atoms with E-state index in [0.717, 1.165) is 18.5 Å². The molecule has 1 radical (unpaired) electrons. The fraction of sp³-hybridized carbons (Fsp3) is 0.222. The summed E-state index contributed by atoms with van der Waals surface area (Å²) < 4.78 is 7.12. The number of hydrogen-bond donors (Lipinski definition) is 0. The first-order chi connectivity index (χ1) is 6.54. The molecule has 1 aromatic rings. The minimum atomic E-state index is -0.568. The summed E-state index contributed by atoms with van der Waals surface area (Å²) in [5.74, 6) is 0.258. The first kappa shape index (κ1) is 12.0. The van der Waals surface area contributed by atoms with Crippen LogP contribution in [-0.4, -0.2) is 13.0 Å². The Morgan fingerprint density at radius 3 is 2.29 bits per heavy atom. The second-order valence-corrected chi connectivity index (χ2v) is 5.02. The molecule has 0 saturated heterocycles. The highest BCUT2D eigenvalue weighted by molar-refractivity contribution is 14.1. The number of nitrogens with one attached hydrogen (secondary N) is 1. The number of rotatable bonds is 3. The molecule has 0 bridgehead atoms. The minimum Gasteiger partial charge on any atom is -0.495 e. The molecule has 0 unspecified atom stereocenters. The van der Waals surface area contributed by atoms with Gasteiger partial charge >= 0.3 is 0 Å². The van der Waals surface area contributed by atoms with Crippen LogP contribution in [0.3, 0.4) is 0 Å². The average molecular weight is 416 g/mol. The van der Waals surface area contributed by atoms with Gasteiger partial charge in [-0.15, -0.1) is 0 Å². The predicted molar refractivity (Wildman–Crippen MR) is 70.2 cm³/mol. The van der Waals surface area contributed by atoms with Gasteiger partial charge in [0.05, 0.1) is 20.7 Å². The highest BCUT2D eigenvalue weighted by Crippen LogP contribution is 2.28. The van der Waals surface area contributed by atoms with Crippen molar-refractivity contribution < 1.29 is 9.53 Å². The summed E-state index contributed by atoms with van der Waals surface area (Å²) in [4.78, 5) is 10.6. The van der Waals surface area contributed by atoms with Gasteiger partial charge in [-0.2, -0.15) is 0 Å². The van der Waals surface area contributed by atoms with Gasteiger partial charge in [0.2, 0.25) is 5.91 Å². The predicted octanol–water partition coefficient (Wildman–Crippen LogP) is 2.26.